The third-order valence-corrected chi connectivity index (χ3v) is 9.17. The summed E-state index contributed by atoms with van der Waals surface area (Å²) in [7, 11) is 0. The zero-order chi connectivity index (χ0) is 41.7. The van der Waals surface area contributed by atoms with Crippen molar-refractivity contribution >= 4 is 11.9 Å². The van der Waals surface area contributed by atoms with Crippen LogP contribution in [0.2, 0.25) is 0 Å². The van der Waals surface area contributed by atoms with Gasteiger partial charge in [-0.05, 0) is 57.8 Å². The number of amides is 1. The van der Waals surface area contributed by atoms with Crippen molar-refractivity contribution in [1.29, 1.82) is 0 Å². The molecular formula is C51H81NO5. The van der Waals surface area contributed by atoms with E-state index < -0.39 is 18.2 Å². The molecule has 1 amide bonds. The number of hydrogen-bond donors (Lipinski definition) is 3. The van der Waals surface area contributed by atoms with Gasteiger partial charge in [-0.15, -0.1) is 0 Å². The van der Waals surface area contributed by atoms with E-state index >= 15 is 0 Å². The van der Waals surface area contributed by atoms with Gasteiger partial charge in [-0.2, -0.15) is 0 Å². The molecule has 0 saturated heterocycles. The summed E-state index contributed by atoms with van der Waals surface area (Å²) in [6.07, 6.45) is 59.9. The Morgan fingerprint density at radius 1 is 0.561 bits per heavy atom. The fourth-order valence-electron chi connectivity index (χ4n) is 5.83. The van der Waals surface area contributed by atoms with Gasteiger partial charge in [0, 0.05) is 12.8 Å². The van der Waals surface area contributed by atoms with Crippen LogP contribution in [-0.4, -0.2) is 46.9 Å². The molecule has 0 aliphatic rings. The Balaban J connectivity index is 4.94. The summed E-state index contributed by atoms with van der Waals surface area (Å²) in [5.41, 5.74) is 0. The number of hydrogen-bond acceptors (Lipinski definition) is 5. The first-order valence-electron chi connectivity index (χ1n) is 22.3. The Bertz CT molecular complexity index is 1250. The molecule has 3 atom stereocenters. The molecule has 0 spiro atoms. The number of rotatable bonds is 37. The highest BCUT2D eigenvalue weighted by Crippen LogP contribution is 2.14. The van der Waals surface area contributed by atoms with Gasteiger partial charge in [0.2, 0.25) is 5.91 Å². The van der Waals surface area contributed by atoms with Gasteiger partial charge in [0.05, 0.1) is 25.2 Å². The van der Waals surface area contributed by atoms with Gasteiger partial charge in [0.15, 0.2) is 0 Å². The normalized spacial score (nSPS) is 14.5. The molecule has 3 N–H and O–H groups in total. The Morgan fingerprint density at radius 2 is 1.04 bits per heavy atom. The monoisotopic (exact) mass is 788 g/mol. The molecule has 0 heterocycles. The second kappa shape index (κ2) is 43.4. The summed E-state index contributed by atoms with van der Waals surface area (Å²) in [6, 6.07) is -0.753. The van der Waals surface area contributed by atoms with Crippen molar-refractivity contribution in [3.63, 3.8) is 0 Å². The van der Waals surface area contributed by atoms with E-state index in [-0.39, 0.29) is 31.3 Å². The van der Waals surface area contributed by atoms with Crippen LogP contribution in [-0.2, 0) is 14.3 Å². The standard InChI is InChI=1S/C51H81NO5/c1-4-7-10-13-16-19-22-24-25-27-28-30-33-36-39-42-47(57-51(56)44-41-38-35-32-29-26-23-20-17-14-11-8-5-2)45-50(55)52-48(46-53)49(54)43-40-37-34-31-21-18-15-12-9-6-3/h7-8,10-11,14,16-17,19-20,23-26,28-30,32,35-36,39,47-49,53-54H,4-6,9,12-13,15,18,21-22,27,31,33-34,37-38,40-46H2,1-3H3,(H,52,55)/b10-7-,11-8+,17-14+,19-16-,23-20-,25-24-,29-26-,30-28-,35-32+,39-36-. The molecule has 0 aromatic carbocycles. The van der Waals surface area contributed by atoms with E-state index in [1.807, 2.05) is 66.8 Å². The molecule has 0 bridgehead atoms. The minimum atomic E-state index is -0.830. The van der Waals surface area contributed by atoms with Crippen molar-refractivity contribution in [3.05, 3.63) is 122 Å². The van der Waals surface area contributed by atoms with E-state index in [9.17, 15) is 19.8 Å². The third-order valence-electron chi connectivity index (χ3n) is 9.17. The van der Waals surface area contributed by atoms with Crippen LogP contribution in [0.25, 0.3) is 0 Å². The van der Waals surface area contributed by atoms with Gasteiger partial charge in [-0.25, -0.2) is 0 Å². The molecule has 0 aliphatic carbocycles. The number of unbranched alkanes of at least 4 members (excludes halogenated alkanes) is 10. The van der Waals surface area contributed by atoms with E-state index in [2.05, 4.69) is 80.8 Å². The molecule has 0 radical (unpaired) electrons. The highest BCUT2D eigenvalue weighted by molar-refractivity contribution is 5.77. The predicted molar refractivity (Wildman–Crippen MR) is 245 cm³/mol. The van der Waals surface area contributed by atoms with Crippen LogP contribution in [0.1, 0.15) is 162 Å². The van der Waals surface area contributed by atoms with Crippen LogP contribution in [0.3, 0.4) is 0 Å². The average molecular weight is 788 g/mol. The molecule has 0 aliphatic heterocycles. The van der Waals surface area contributed by atoms with E-state index in [1.165, 1.54) is 44.9 Å². The first-order chi connectivity index (χ1) is 28.0. The Kier molecular flexibility index (Phi) is 40.5. The summed E-state index contributed by atoms with van der Waals surface area (Å²) < 4.78 is 5.79. The van der Waals surface area contributed by atoms with E-state index in [0.29, 0.717) is 19.3 Å². The molecule has 3 unspecified atom stereocenters. The lowest BCUT2D eigenvalue weighted by molar-refractivity contribution is -0.150. The molecule has 57 heavy (non-hydrogen) atoms. The van der Waals surface area contributed by atoms with Gasteiger partial charge < -0.3 is 20.3 Å². The molecule has 6 heteroatoms. The maximum absolute atomic E-state index is 13.1. The number of carbonyl (C=O) groups is 2. The van der Waals surface area contributed by atoms with Crippen molar-refractivity contribution in [2.75, 3.05) is 6.61 Å². The van der Waals surface area contributed by atoms with Crippen LogP contribution < -0.4 is 5.32 Å². The first-order valence-corrected chi connectivity index (χ1v) is 22.3. The fourth-order valence-corrected chi connectivity index (χ4v) is 5.83. The van der Waals surface area contributed by atoms with Crippen LogP contribution >= 0.6 is 0 Å². The van der Waals surface area contributed by atoms with Crippen molar-refractivity contribution in [3.8, 4) is 0 Å². The number of nitrogens with one attached hydrogen (secondary N) is 1. The first kappa shape index (κ1) is 53.3. The summed E-state index contributed by atoms with van der Waals surface area (Å²) >= 11 is 0. The van der Waals surface area contributed by atoms with Crippen LogP contribution in [0.4, 0.5) is 0 Å². The molecule has 0 rings (SSSR count). The van der Waals surface area contributed by atoms with E-state index in [0.717, 1.165) is 64.2 Å². The number of esters is 1. The van der Waals surface area contributed by atoms with E-state index in [4.69, 9.17) is 4.74 Å². The maximum atomic E-state index is 13.1. The zero-order valence-corrected chi connectivity index (χ0v) is 36.2. The second-order valence-corrected chi connectivity index (χ2v) is 14.5. The largest absolute Gasteiger partial charge is 0.461 e. The summed E-state index contributed by atoms with van der Waals surface area (Å²) in [5.74, 6) is -0.686. The molecule has 6 nitrogen and oxygen atoms in total. The minimum Gasteiger partial charge on any atom is -0.461 e. The molecule has 0 saturated carbocycles. The minimum absolute atomic E-state index is 0.0379. The lowest BCUT2D eigenvalue weighted by atomic mass is 10.0. The molecule has 0 aromatic heterocycles. The number of allylic oxidation sites excluding steroid dienone is 19. The van der Waals surface area contributed by atoms with Gasteiger partial charge >= 0.3 is 5.97 Å². The quantitative estimate of drug-likeness (QED) is 0.0252. The van der Waals surface area contributed by atoms with Crippen LogP contribution in [0, 0.1) is 0 Å². The molecule has 0 fully saturated rings. The Hall–Kier alpha value is -3.74. The maximum Gasteiger partial charge on any atom is 0.306 e. The van der Waals surface area contributed by atoms with Crippen molar-refractivity contribution in [1.82, 2.24) is 5.32 Å². The lowest BCUT2D eigenvalue weighted by Gasteiger charge is -2.24. The average Bonchev–Trinajstić information content (AvgIpc) is 3.20. The SMILES string of the molecule is CC/C=C\C/C=C\C/C=C\C/C=C\C/C=C\CC(CC(=O)NC(CO)C(O)CCCCCCCCCCCC)OC(=O)CCC/C=C/C=C\C=C/C=C/C=C/CC. The molecule has 0 aromatic rings. The van der Waals surface area contributed by atoms with Crippen molar-refractivity contribution < 1.29 is 24.5 Å². The smallest absolute Gasteiger partial charge is 0.306 e. The Labute approximate surface area is 349 Å². The summed E-state index contributed by atoms with van der Waals surface area (Å²) in [5, 5.41) is 23.5. The number of carbonyl (C=O) groups excluding carboxylic acids is 2. The molecule has 320 valence electrons. The molecular weight excluding hydrogens is 707 g/mol. The topological polar surface area (TPSA) is 95.9 Å². The number of ether oxygens (including phenoxy) is 1. The summed E-state index contributed by atoms with van der Waals surface area (Å²) in [4.78, 5) is 25.9. The number of aliphatic hydroxyl groups excluding tert-OH is 2. The van der Waals surface area contributed by atoms with E-state index in [1.54, 1.807) is 0 Å². The Morgan fingerprint density at radius 3 is 1.56 bits per heavy atom. The van der Waals surface area contributed by atoms with Crippen molar-refractivity contribution in [2.45, 2.75) is 180 Å². The van der Waals surface area contributed by atoms with Gasteiger partial charge in [-0.1, -0.05) is 206 Å². The van der Waals surface area contributed by atoms with Crippen LogP contribution in [0.5, 0.6) is 0 Å². The third kappa shape index (κ3) is 38.9. The van der Waals surface area contributed by atoms with Crippen LogP contribution in [0.15, 0.2) is 122 Å². The zero-order valence-electron chi connectivity index (χ0n) is 36.2. The number of aliphatic hydroxyl groups is 2. The highest BCUT2D eigenvalue weighted by atomic mass is 16.5. The lowest BCUT2D eigenvalue weighted by Crippen LogP contribution is -2.46. The van der Waals surface area contributed by atoms with Gasteiger partial charge in [0.1, 0.15) is 6.10 Å². The fraction of sp³-hybridized carbons (Fsp3) is 0.569. The van der Waals surface area contributed by atoms with Gasteiger partial charge in [-0.3, -0.25) is 9.59 Å². The second-order valence-electron chi connectivity index (χ2n) is 14.5. The van der Waals surface area contributed by atoms with Gasteiger partial charge in [0.25, 0.3) is 0 Å². The summed E-state index contributed by atoms with van der Waals surface area (Å²) in [6.45, 7) is 6.13. The predicted octanol–water partition coefficient (Wildman–Crippen LogP) is 12.9. The van der Waals surface area contributed by atoms with Crippen molar-refractivity contribution in [2.24, 2.45) is 0 Å². The highest BCUT2D eigenvalue weighted by Gasteiger charge is 2.23.